The summed E-state index contributed by atoms with van der Waals surface area (Å²) in [6, 6.07) is 0. The number of allylic oxidation sites excluding steroid dienone is 1. The Labute approximate surface area is 100 Å². The number of hydrogen-bond acceptors (Lipinski definition) is 2. The van der Waals surface area contributed by atoms with Gasteiger partial charge in [0.25, 0.3) is 6.47 Å². The molecule has 0 aromatic heterocycles. The van der Waals surface area contributed by atoms with E-state index in [1.54, 1.807) is 0 Å². The van der Waals surface area contributed by atoms with E-state index in [4.69, 9.17) is 4.74 Å². The van der Waals surface area contributed by atoms with E-state index in [-0.39, 0.29) is 6.10 Å². The maximum absolute atomic E-state index is 10.0. The quantitative estimate of drug-likeness (QED) is 0.303. The lowest BCUT2D eigenvalue weighted by Gasteiger charge is -2.10. The van der Waals surface area contributed by atoms with Crippen molar-refractivity contribution in [3.63, 3.8) is 0 Å². The van der Waals surface area contributed by atoms with Crippen molar-refractivity contribution >= 4 is 6.47 Å². The van der Waals surface area contributed by atoms with Crippen LogP contribution < -0.4 is 0 Å². The van der Waals surface area contributed by atoms with E-state index in [0.29, 0.717) is 6.47 Å². The normalized spacial score (nSPS) is 14.1. The van der Waals surface area contributed by atoms with Crippen LogP contribution in [-0.4, -0.2) is 12.6 Å². The summed E-state index contributed by atoms with van der Waals surface area (Å²) in [6.45, 7) is 10.2. The van der Waals surface area contributed by atoms with E-state index in [1.165, 1.54) is 25.7 Å². The summed E-state index contributed by atoms with van der Waals surface area (Å²) in [5.74, 6) is 0.761. The minimum Gasteiger partial charge on any atom is -0.465 e. The smallest absolute Gasteiger partial charge is 0.293 e. The zero-order chi connectivity index (χ0) is 12.2. The average Bonchev–Trinajstić information content (AvgIpc) is 2.24. The van der Waals surface area contributed by atoms with Gasteiger partial charge < -0.3 is 4.74 Å². The summed E-state index contributed by atoms with van der Waals surface area (Å²) in [5, 5.41) is 0. The van der Waals surface area contributed by atoms with Crippen LogP contribution in [0.3, 0.4) is 0 Å². The third kappa shape index (κ3) is 9.75. The van der Waals surface area contributed by atoms with Gasteiger partial charge in [0.15, 0.2) is 0 Å². The first-order chi connectivity index (χ1) is 7.70. The number of carbonyl (C=O) groups excluding carboxylic acids is 1. The summed E-state index contributed by atoms with van der Waals surface area (Å²) in [4.78, 5) is 10.0. The molecule has 0 bridgehead atoms. The van der Waals surface area contributed by atoms with Crippen molar-refractivity contribution < 1.29 is 9.53 Å². The molecule has 0 aliphatic heterocycles. The number of hydrogen-bond donors (Lipinski definition) is 0. The Hall–Kier alpha value is -0.790. The summed E-state index contributed by atoms with van der Waals surface area (Å²) < 4.78 is 4.72. The van der Waals surface area contributed by atoms with Gasteiger partial charge in [-0.15, -0.1) is 6.58 Å². The second kappa shape index (κ2) is 10.7. The van der Waals surface area contributed by atoms with Crippen LogP contribution in [0.15, 0.2) is 12.7 Å². The van der Waals surface area contributed by atoms with E-state index in [0.717, 1.165) is 25.2 Å². The highest BCUT2D eigenvalue weighted by atomic mass is 16.5. The maximum atomic E-state index is 10.0. The number of ether oxygens (including phenoxy) is 1. The first-order valence-corrected chi connectivity index (χ1v) is 6.23. The van der Waals surface area contributed by atoms with E-state index in [1.807, 2.05) is 6.08 Å². The molecule has 0 spiro atoms. The van der Waals surface area contributed by atoms with Gasteiger partial charge >= 0.3 is 0 Å². The zero-order valence-electron chi connectivity index (χ0n) is 10.5. The largest absolute Gasteiger partial charge is 0.465 e. The lowest BCUT2D eigenvalue weighted by atomic mass is 9.99. The summed E-state index contributed by atoms with van der Waals surface area (Å²) in [7, 11) is 0. The Morgan fingerprint density at radius 2 is 1.81 bits per heavy atom. The Kier molecular flexibility index (Phi) is 10.2. The first kappa shape index (κ1) is 15.2. The predicted molar refractivity (Wildman–Crippen MR) is 68.0 cm³/mol. The third-order valence-electron chi connectivity index (χ3n) is 2.79. The van der Waals surface area contributed by atoms with Gasteiger partial charge in [-0.3, -0.25) is 4.79 Å². The highest BCUT2D eigenvalue weighted by Crippen LogP contribution is 2.15. The minimum atomic E-state index is -0.169. The monoisotopic (exact) mass is 225 g/mol. The molecule has 0 aliphatic carbocycles. The van der Waals surface area contributed by atoms with Crippen molar-refractivity contribution in [2.45, 2.75) is 58.0 Å². The van der Waals surface area contributed by atoms with Crippen molar-refractivity contribution in [2.24, 2.45) is 5.92 Å². The van der Waals surface area contributed by atoms with Crippen LogP contribution in [0.4, 0.5) is 0 Å². The zero-order valence-corrected chi connectivity index (χ0v) is 10.5. The lowest BCUT2D eigenvalue weighted by molar-refractivity contribution is -0.131. The van der Waals surface area contributed by atoms with E-state index in [2.05, 4.69) is 20.4 Å². The minimum absolute atomic E-state index is 0.169. The molecular formula is C14H25O2. The van der Waals surface area contributed by atoms with Crippen LogP contribution in [0, 0.1) is 12.8 Å². The Morgan fingerprint density at radius 1 is 1.19 bits per heavy atom. The third-order valence-corrected chi connectivity index (χ3v) is 2.79. The Bertz CT molecular complexity index is 158. The van der Waals surface area contributed by atoms with Crippen LogP contribution in [-0.2, 0) is 9.53 Å². The van der Waals surface area contributed by atoms with Gasteiger partial charge in [0.1, 0.15) is 6.10 Å². The molecule has 93 valence electrons. The number of rotatable bonds is 11. The maximum Gasteiger partial charge on any atom is 0.293 e. The molecule has 0 aromatic carbocycles. The molecule has 0 saturated carbocycles. The van der Waals surface area contributed by atoms with Gasteiger partial charge in [0.05, 0.1) is 0 Å². The standard InChI is InChI=1S/C14H25O2/c1-4-9-13(2)10-7-5-6-8-11-14(3)16-12-15/h4,12-14H,1,3,5-11H2,2H3/t13?,14-/m1/s1. The van der Waals surface area contributed by atoms with E-state index < -0.39 is 0 Å². The van der Waals surface area contributed by atoms with Gasteiger partial charge in [0, 0.05) is 0 Å². The average molecular weight is 225 g/mol. The summed E-state index contributed by atoms with van der Waals surface area (Å²) in [6.07, 6.45) is 9.94. The molecule has 1 unspecified atom stereocenters. The fourth-order valence-corrected chi connectivity index (χ4v) is 1.77. The van der Waals surface area contributed by atoms with Gasteiger partial charge in [-0.2, -0.15) is 0 Å². The molecule has 0 aliphatic rings. The predicted octanol–water partition coefficient (Wildman–Crippen LogP) is 3.91. The highest BCUT2D eigenvalue weighted by molar-refractivity contribution is 5.37. The van der Waals surface area contributed by atoms with Crippen LogP contribution >= 0.6 is 0 Å². The highest BCUT2D eigenvalue weighted by Gasteiger charge is 2.02. The fourth-order valence-electron chi connectivity index (χ4n) is 1.77. The topological polar surface area (TPSA) is 26.3 Å². The van der Waals surface area contributed by atoms with Crippen LogP contribution in [0.2, 0.25) is 0 Å². The molecule has 0 aromatic rings. The van der Waals surface area contributed by atoms with Crippen molar-refractivity contribution in [3.8, 4) is 0 Å². The molecule has 0 saturated heterocycles. The van der Waals surface area contributed by atoms with E-state index >= 15 is 0 Å². The van der Waals surface area contributed by atoms with Crippen LogP contribution in [0.5, 0.6) is 0 Å². The SMILES string of the molecule is [CH2][C@H](CCCCCCC(C)CC=C)OC=O. The molecule has 0 amide bonds. The molecular weight excluding hydrogens is 200 g/mol. The molecule has 2 nitrogen and oxygen atoms in total. The van der Waals surface area contributed by atoms with Gasteiger partial charge in [-0.25, -0.2) is 0 Å². The van der Waals surface area contributed by atoms with Gasteiger partial charge in [-0.05, 0) is 32.1 Å². The Morgan fingerprint density at radius 3 is 2.38 bits per heavy atom. The first-order valence-electron chi connectivity index (χ1n) is 6.23. The molecule has 16 heavy (non-hydrogen) atoms. The van der Waals surface area contributed by atoms with Gasteiger partial charge in [0.2, 0.25) is 0 Å². The second-order valence-corrected chi connectivity index (χ2v) is 4.48. The summed E-state index contributed by atoms with van der Waals surface area (Å²) >= 11 is 0. The number of carbonyl (C=O) groups is 1. The van der Waals surface area contributed by atoms with Crippen molar-refractivity contribution in [1.82, 2.24) is 0 Å². The second-order valence-electron chi connectivity index (χ2n) is 4.48. The Balaban J connectivity index is 3.20. The molecule has 0 rings (SSSR count). The lowest BCUT2D eigenvalue weighted by Crippen LogP contribution is -2.06. The number of unbranched alkanes of at least 4 members (excludes halogenated alkanes) is 3. The van der Waals surface area contributed by atoms with Crippen LogP contribution in [0.25, 0.3) is 0 Å². The molecule has 0 N–H and O–H groups in total. The van der Waals surface area contributed by atoms with Crippen molar-refractivity contribution in [1.29, 1.82) is 0 Å². The molecule has 1 radical (unpaired) electrons. The molecule has 2 atom stereocenters. The van der Waals surface area contributed by atoms with Gasteiger partial charge in [-0.1, -0.05) is 38.7 Å². The van der Waals surface area contributed by atoms with Crippen LogP contribution in [0.1, 0.15) is 51.9 Å². The molecule has 2 heteroatoms. The summed E-state index contributed by atoms with van der Waals surface area (Å²) in [5.41, 5.74) is 0. The van der Waals surface area contributed by atoms with Crippen molar-refractivity contribution in [3.05, 3.63) is 19.6 Å². The molecule has 0 heterocycles. The van der Waals surface area contributed by atoms with Crippen molar-refractivity contribution in [2.75, 3.05) is 0 Å². The van der Waals surface area contributed by atoms with E-state index in [9.17, 15) is 4.79 Å². The molecule has 0 fully saturated rings. The fraction of sp³-hybridized carbons (Fsp3) is 0.714.